The molecule has 0 atom stereocenters. The summed E-state index contributed by atoms with van der Waals surface area (Å²) in [6, 6.07) is 90.9. The zero-order chi connectivity index (χ0) is 42.4. The summed E-state index contributed by atoms with van der Waals surface area (Å²) < 4.78 is 2.56. The first-order valence-electron chi connectivity index (χ1n) is 21.9. The minimum Gasteiger partial charge on any atom is -0.308 e. The molecule has 0 unspecified atom stereocenters. The molecule has 64 heavy (non-hydrogen) atoms. The van der Waals surface area contributed by atoms with E-state index in [2.05, 4.69) is 254 Å². The fraction of sp³-hybridized carbons (Fsp3) is 0. The Kier molecular flexibility index (Phi) is 9.43. The van der Waals surface area contributed by atoms with Crippen LogP contribution in [-0.4, -0.2) is 0 Å². The van der Waals surface area contributed by atoms with E-state index in [4.69, 9.17) is 0 Å². The highest BCUT2D eigenvalue weighted by Crippen LogP contribution is 2.49. The number of thiophene rings is 1. The van der Waals surface area contributed by atoms with Crippen LogP contribution in [0.15, 0.2) is 249 Å². The fourth-order valence-electron chi connectivity index (χ4n) is 9.69. The molecule has 0 aliphatic rings. The Bertz CT molecular complexity index is 3630. The van der Waals surface area contributed by atoms with Gasteiger partial charge >= 0.3 is 0 Å². The van der Waals surface area contributed by atoms with Gasteiger partial charge in [0.05, 0.1) is 16.1 Å². The number of nitrogens with zero attached hydrogens (tertiary/aromatic N) is 1. The summed E-state index contributed by atoms with van der Waals surface area (Å²) in [5.74, 6) is 0. The Balaban J connectivity index is 1.06. The van der Waals surface area contributed by atoms with E-state index in [1.54, 1.807) is 0 Å². The third kappa shape index (κ3) is 6.55. The molecule has 0 N–H and O–H groups in total. The predicted molar refractivity (Wildman–Crippen MR) is 276 cm³/mol. The van der Waals surface area contributed by atoms with Crippen molar-refractivity contribution in [2.45, 2.75) is 0 Å². The van der Waals surface area contributed by atoms with Gasteiger partial charge in [0.25, 0.3) is 0 Å². The Morgan fingerprint density at radius 2 is 0.750 bits per heavy atom. The number of fused-ring (bicyclic) bond motifs is 6. The number of benzene rings is 11. The summed E-state index contributed by atoms with van der Waals surface area (Å²) in [4.78, 5) is 2.48. The van der Waals surface area contributed by atoms with Gasteiger partial charge in [0.15, 0.2) is 0 Å². The maximum Gasteiger partial charge on any atom is 0.0640 e. The van der Waals surface area contributed by atoms with Gasteiger partial charge in [0, 0.05) is 26.7 Å². The highest BCUT2D eigenvalue weighted by Gasteiger charge is 2.23. The summed E-state index contributed by atoms with van der Waals surface area (Å²) in [5, 5.41) is 7.58. The van der Waals surface area contributed by atoms with Crippen LogP contribution in [0.4, 0.5) is 17.1 Å². The molecule has 0 amide bonds. The highest BCUT2D eigenvalue weighted by atomic mass is 32.1. The van der Waals surface area contributed by atoms with Crippen molar-refractivity contribution in [2.75, 3.05) is 4.90 Å². The summed E-state index contributed by atoms with van der Waals surface area (Å²) >= 11 is 1.87. The lowest BCUT2D eigenvalue weighted by Gasteiger charge is -2.29. The maximum absolute atomic E-state index is 2.48. The van der Waals surface area contributed by atoms with Crippen LogP contribution in [0.3, 0.4) is 0 Å². The number of anilines is 3. The molecule has 1 aromatic heterocycles. The second-order valence-electron chi connectivity index (χ2n) is 16.4. The van der Waals surface area contributed by atoms with Crippen molar-refractivity contribution in [1.29, 1.82) is 0 Å². The largest absolute Gasteiger partial charge is 0.308 e. The van der Waals surface area contributed by atoms with Crippen LogP contribution in [0.5, 0.6) is 0 Å². The van der Waals surface area contributed by atoms with Crippen molar-refractivity contribution < 1.29 is 0 Å². The molecule has 0 saturated heterocycles. The lowest BCUT2D eigenvalue weighted by Crippen LogP contribution is -2.11. The standard InChI is InChI=1S/C62H41NS/c1-5-18-42(19-6-1)48-35-39-57(55(40-48)44-20-7-2-8-21-44)63(58-30-17-29-54-52-27-15-16-31-59(52)64-62(54)58)49-36-32-43(33-37-49)47-34-38-51-50-26-13-14-28-53(50)60(45-22-9-3-10-23-45)61(56(51)41-47)46-24-11-4-12-25-46/h1-41H. The van der Waals surface area contributed by atoms with E-state index in [1.165, 1.54) is 97.4 Å². The van der Waals surface area contributed by atoms with Crippen molar-refractivity contribution >= 4 is 70.1 Å². The lowest BCUT2D eigenvalue weighted by molar-refractivity contribution is 1.30. The van der Waals surface area contributed by atoms with Crippen LogP contribution in [0.2, 0.25) is 0 Å². The van der Waals surface area contributed by atoms with E-state index in [-0.39, 0.29) is 0 Å². The monoisotopic (exact) mass is 831 g/mol. The van der Waals surface area contributed by atoms with Gasteiger partial charge in [-0.1, -0.05) is 206 Å². The summed E-state index contributed by atoms with van der Waals surface area (Å²) in [5.41, 5.74) is 15.4. The Labute approximate surface area is 377 Å². The van der Waals surface area contributed by atoms with Crippen LogP contribution < -0.4 is 4.90 Å². The zero-order valence-corrected chi connectivity index (χ0v) is 35.8. The van der Waals surface area contributed by atoms with Gasteiger partial charge in [0.1, 0.15) is 0 Å². The quantitative estimate of drug-likeness (QED) is 0.138. The molecule has 1 nitrogen and oxygen atoms in total. The second-order valence-corrected chi connectivity index (χ2v) is 17.4. The molecule has 0 saturated carbocycles. The van der Waals surface area contributed by atoms with E-state index in [9.17, 15) is 0 Å². The van der Waals surface area contributed by atoms with Gasteiger partial charge in [0.2, 0.25) is 0 Å². The van der Waals surface area contributed by atoms with Crippen LogP contribution in [0.25, 0.3) is 97.4 Å². The average molecular weight is 832 g/mol. The normalized spacial score (nSPS) is 11.4. The van der Waals surface area contributed by atoms with Crippen molar-refractivity contribution in [3.8, 4) is 55.6 Å². The van der Waals surface area contributed by atoms with Crippen molar-refractivity contribution in [3.63, 3.8) is 0 Å². The maximum atomic E-state index is 2.48. The highest BCUT2D eigenvalue weighted by molar-refractivity contribution is 7.26. The molecule has 1 heterocycles. The van der Waals surface area contributed by atoms with Crippen LogP contribution in [0, 0.1) is 0 Å². The van der Waals surface area contributed by atoms with Crippen LogP contribution >= 0.6 is 11.3 Å². The van der Waals surface area contributed by atoms with E-state index in [1.807, 2.05) is 11.3 Å². The zero-order valence-electron chi connectivity index (χ0n) is 35.0. The molecule has 12 aromatic rings. The molecule has 12 rings (SSSR count). The smallest absolute Gasteiger partial charge is 0.0640 e. The molecule has 0 radical (unpaired) electrons. The van der Waals surface area contributed by atoms with Gasteiger partial charge in [-0.25, -0.2) is 0 Å². The molecule has 0 bridgehead atoms. The molecular weight excluding hydrogens is 791 g/mol. The first kappa shape index (κ1) is 37.7. The number of hydrogen-bond donors (Lipinski definition) is 0. The Morgan fingerprint density at radius 3 is 1.44 bits per heavy atom. The Hall–Kier alpha value is -8.04. The lowest BCUT2D eigenvalue weighted by atomic mass is 9.84. The van der Waals surface area contributed by atoms with Gasteiger partial charge in [-0.15, -0.1) is 11.3 Å². The third-order valence-corrected chi connectivity index (χ3v) is 13.9. The first-order valence-corrected chi connectivity index (χ1v) is 22.7. The molecule has 11 aromatic carbocycles. The second kappa shape index (κ2) is 16.0. The third-order valence-electron chi connectivity index (χ3n) is 12.7. The van der Waals surface area contributed by atoms with Gasteiger partial charge in [-0.2, -0.15) is 0 Å². The number of rotatable bonds is 8. The molecular formula is C62H41NS. The van der Waals surface area contributed by atoms with Gasteiger partial charge < -0.3 is 4.90 Å². The minimum absolute atomic E-state index is 1.10. The van der Waals surface area contributed by atoms with Gasteiger partial charge in [-0.05, 0) is 114 Å². The first-order chi connectivity index (χ1) is 31.8. The van der Waals surface area contributed by atoms with E-state index in [0.717, 1.165) is 17.1 Å². The van der Waals surface area contributed by atoms with Crippen molar-refractivity contribution in [3.05, 3.63) is 249 Å². The summed E-state index contributed by atoms with van der Waals surface area (Å²) in [6.45, 7) is 0. The fourth-order valence-corrected chi connectivity index (χ4v) is 10.9. The number of hydrogen-bond acceptors (Lipinski definition) is 2. The minimum atomic E-state index is 1.10. The van der Waals surface area contributed by atoms with Crippen molar-refractivity contribution in [1.82, 2.24) is 0 Å². The molecule has 2 heteroatoms. The summed E-state index contributed by atoms with van der Waals surface area (Å²) in [6.07, 6.45) is 0. The molecule has 0 fully saturated rings. The average Bonchev–Trinajstić information content (AvgIpc) is 3.77. The van der Waals surface area contributed by atoms with Crippen LogP contribution in [-0.2, 0) is 0 Å². The van der Waals surface area contributed by atoms with E-state index in [0.29, 0.717) is 0 Å². The Morgan fingerprint density at radius 1 is 0.266 bits per heavy atom. The van der Waals surface area contributed by atoms with E-state index < -0.39 is 0 Å². The molecule has 300 valence electrons. The predicted octanol–water partition coefficient (Wildman–Crippen LogP) is 18.2. The van der Waals surface area contributed by atoms with Gasteiger partial charge in [-0.3, -0.25) is 0 Å². The molecule has 0 aliphatic carbocycles. The molecule has 0 aliphatic heterocycles. The molecule has 0 spiro atoms. The van der Waals surface area contributed by atoms with Crippen molar-refractivity contribution in [2.24, 2.45) is 0 Å². The SMILES string of the molecule is c1ccc(-c2ccc(N(c3ccc(-c4ccc5c(c4)c(-c4ccccc4)c(-c4ccccc4)c4ccccc45)cc3)c3cccc4c3sc3ccccc34)c(-c3ccccc3)c2)cc1. The van der Waals surface area contributed by atoms with Crippen LogP contribution in [0.1, 0.15) is 0 Å². The van der Waals surface area contributed by atoms with E-state index >= 15 is 0 Å². The topological polar surface area (TPSA) is 3.24 Å². The summed E-state index contributed by atoms with van der Waals surface area (Å²) in [7, 11) is 0.